The number of esters is 1. The van der Waals surface area contributed by atoms with Crippen molar-refractivity contribution in [2.75, 3.05) is 25.6 Å². The number of carbonyl (C=O) groups excluding carboxylic acids is 2. The number of methoxy groups -OCH3 is 1. The highest BCUT2D eigenvalue weighted by Gasteiger charge is 2.42. The van der Waals surface area contributed by atoms with Crippen molar-refractivity contribution in [1.29, 1.82) is 0 Å². The number of rotatable bonds is 8. The Morgan fingerprint density at radius 3 is 2.68 bits per heavy atom. The lowest BCUT2D eigenvalue weighted by atomic mass is 9.78. The van der Waals surface area contributed by atoms with Crippen molar-refractivity contribution in [3.05, 3.63) is 23.8 Å². The summed E-state index contributed by atoms with van der Waals surface area (Å²) in [5.74, 6) is 0.547. The summed E-state index contributed by atoms with van der Waals surface area (Å²) in [4.78, 5) is 25.3. The van der Waals surface area contributed by atoms with E-state index in [4.69, 9.17) is 14.2 Å². The minimum atomic E-state index is -0.815. The minimum absolute atomic E-state index is 0.160. The fourth-order valence-electron chi connectivity index (χ4n) is 3.69. The first-order chi connectivity index (χ1) is 13.3. The Morgan fingerprint density at radius 2 is 2.07 bits per heavy atom. The number of carbonyl (C=O) groups is 2. The van der Waals surface area contributed by atoms with Crippen LogP contribution in [0.25, 0.3) is 0 Å². The second-order valence-electron chi connectivity index (χ2n) is 7.99. The van der Waals surface area contributed by atoms with Crippen LogP contribution in [-0.4, -0.2) is 37.8 Å². The number of amides is 1. The Hall–Kier alpha value is -2.08. The van der Waals surface area contributed by atoms with Gasteiger partial charge in [0.05, 0.1) is 13.7 Å². The number of hydrogen-bond acceptors (Lipinski definition) is 5. The molecule has 0 bridgehead atoms. The molecule has 1 saturated carbocycles. The Bertz CT molecular complexity index is 684. The fourth-order valence-corrected chi connectivity index (χ4v) is 3.69. The van der Waals surface area contributed by atoms with Crippen LogP contribution < -0.4 is 10.1 Å². The number of ether oxygens (including phenoxy) is 3. The topological polar surface area (TPSA) is 73.9 Å². The zero-order valence-electron chi connectivity index (χ0n) is 17.7. The Kier molecular flexibility index (Phi) is 7.87. The zero-order valence-corrected chi connectivity index (χ0v) is 17.7. The van der Waals surface area contributed by atoms with Gasteiger partial charge in [0.25, 0.3) is 5.91 Å². The van der Waals surface area contributed by atoms with Gasteiger partial charge in [0.15, 0.2) is 0 Å². The first-order valence-corrected chi connectivity index (χ1v) is 10.1. The quantitative estimate of drug-likeness (QED) is 0.664. The molecule has 0 aliphatic heterocycles. The monoisotopic (exact) mass is 391 g/mol. The molecule has 1 aromatic rings. The number of benzene rings is 1. The standard InChI is InChI=1S/C22H33NO5/c1-6-28-22(11-7-8-16(4)13-22)21(25)23-17-9-10-19(27-14-15(2)3)18(12-17)20(24)26-5/h9-10,12,15-16H,6-8,11,13-14H2,1-5H3,(H,23,25)/t16-,22-/m0/s1. The van der Waals surface area contributed by atoms with Crippen LogP contribution in [0.4, 0.5) is 5.69 Å². The smallest absolute Gasteiger partial charge is 0.341 e. The van der Waals surface area contributed by atoms with Crippen molar-refractivity contribution >= 4 is 17.6 Å². The van der Waals surface area contributed by atoms with E-state index in [0.29, 0.717) is 54.9 Å². The van der Waals surface area contributed by atoms with Gasteiger partial charge in [-0.15, -0.1) is 0 Å². The van der Waals surface area contributed by atoms with Crippen LogP contribution >= 0.6 is 0 Å². The van der Waals surface area contributed by atoms with Gasteiger partial charge in [0, 0.05) is 12.3 Å². The highest BCUT2D eigenvalue weighted by atomic mass is 16.5. The third-order valence-corrected chi connectivity index (χ3v) is 5.01. The summed E-state index contributed by atoms with van der Waals surface area (Å²) in [5.41, 5.74) is 0.00742. The Labute approximate surface area is 167 Å². The van der Waals surface area contributed by atoms with Crippen LogP contribution in [0.15, 0.2) is 18.2 Å². The van der Waals surface area contributed by atoms with Crippen LogP contribution in [-0.2, 0) is 14.3 Å². The maximum atomic E-state index is 13.1. The number of hydrogen-bond donors (Lipinski definition) is 1. The fraction of sp³-hybridized carbons (Fsp3) is 0.636. The molecule has 6 heteroatoms. The summed E-state index contributed by atoms with van der Waals surface area (Å²) in [5, 5.41) is 2.94. The molecule has 2 rings (SSSR count). The maximum Gasteiger partial charge on any atom is 0.341 e. The van der Waals surface area contributed by atoms with Crippen LogP contribution in [0, 0.1) is 11.8 Å². The Balaban J connectivity index is 2.24. The van der Waals surface area contributed by atoms with E-state index < -0.39 is 11.6 Å². The summed E-state index contributed by atoms with van der Waals surface area (Å²) in [6.45, 7) is 9.09. The molecule has 0 radical (unpaired) electrons. The number of anilines is 1. The molecule has 1 N–H and O–H groups in total. The van der Waals surface area contributed by atoms with E-state index in [1.54, 1.807) is 18.2 Å². The van der Waals surface area contributed by atoms with Crippen LogP contribution in [0.3, 0.4) is 0 Å². The molecule has 1 aromatic carbocycles. The van der Waals surface area contributed by atoms with Gasteiger partial charge in [-0.1, -0.05) is 27.2 Å². The third kappa shape index (κ3) is 5.47. The van der Waals surface area contributed by atoms with E-state index in [1.807, 2.05) is 20.8 Å². The van der Waals surface area contributed by atoms with E-state index in [-0.39, 0.29) is 5.91 Å². The van der Waals surface area contributed by atoms with Crippen molar-refractivity contribution in [2.45, 2.75) is 59.0 Å². The van der Waals surface area contributed by atoms with Crippen molar-refractivity contribution in [1.82, 2.24) is 0 Å². The molecule has 1 aliphatic carbocycles. The molecule has 0 spiro atoms. The van der Waals surface area contributed by atoms with Crippen molar-refractivity contribution in [3.8, 4) is 5.75 Å². The lowest BCUT2D eigenvalue weighted by molar-refractivity contribution is -0.147. The van der Waals surface area contributed by atoms with Crippen LogP contribution in [0.1, 0.15) is 63.7 Å². The van der Waals surface area contributed by atoms with E-state index in [9.17, 15) is 9.59 Å². The molecule has 28 heavy (non-hydrogen) atoms. The van der Waals surface area contributed by atoms with Gasteiger partial charge in [-0.3, -0.25) is 4.79 Å². The predicted molar refractivity (Wildman–Crippen MR) is 109 cm³/mol. The van der Waals surface area contributed by atoms with Crippen molar-refractivity contribution in [2.24, 2.45) is 11.8 Å². The summed E-state index contributed by atoms with van der Waals surface area (Å²) < 4.78 is 16.5. The van der Waals surface area contributed by atoms with Crippen LogP contribution in [0.2, 0.25) is 0 Å². The molecule has 1 fully saturated rings. The average molecular weight is 392 g/mol. The summed E-state index contributed by atoms with van der Waals surface area (Å²) in [7, 11) is 1.33. The molecule has 0 saturated heterocycles. The average Bonchev–Trinajstić information content (AvgIpc) is 2.66. The first-order valence-electron chi connectivity index (χ1n) is 10.1. The molecule has 0 unspecified atom stereocenters. The van der Waals surface area contributed by atoms with Crippen molar-refractivity contribution in [3.63, 3.8) is 0 Å². The molecule has 156 valence electrons. The highest BCUT2D eigenvalue weighted by Crippen LogP contribution is 2.36. The molecular weight excluding hydrogens is 358 g/mol. The van der Waals surface area contributed by atoms with Gasteiger partial charge < -0.3 is 19.5 Å². The molecule has 1 amide bonds. The molecule has 1 aliphatic rings. The summed E-state index contributed by atoms with van der Waals surface area (Å²) in [6.07, 6.45) is 3.48. The van der Waals surface area contributed by atoms with Gasteiger partial charge in [-0.2, -0.15) is 0 Å². The largest absolute Gasteiger partial charge is 0.492 e. The van der Waals surface area contributed by atoms with Gasteiger partial charge >= 0.3 is 5.97 Å². The van der Waals surface area contributed by atoms with Crippen molar-refractivity contribution < 1.29 is 23.8 Å². The lowest BCUT2D eigenvalue weighted by Crippen LogP contribution is -2.48. The number of nitrogens with one attached hydrogen (secondary N) is 1. The summed E-state index contributed by atoms with van der Waals surface area (Å²) in [6, 6.07) is 5.04. The van der Waals surface area contributed by atoms with Gasteiger partial charge in [0.1, 0.15) is 16.9 Å². The lowest BCUT2D eigenvalue weighted by Gasteiger charge is -2.38. The maximum absolute atomic E-state index is 13.1. The second-order valence-corrected chi connectivity index (χ2v) is 7.99. The van der Waals surface area contributed by atoms with Gasteiger partial charge in [-0.05, 0) is 56.2 Å². The van der Waals surface area contributed by atoms with Crippen LogP contribution in [0.5, 0.6) is 5.75 Å². The Morgan fingerprint density at radius 1 is 1.32 bits per heavy atom. The third-order valence-electron chi connectivity index (χ3n) is 5.01. The van der Waals surface area contributed by atoms with E-state index >= 15 is 0 Å². The van der Waals surface area contributed by atoms with E-state index in [2.05, 4.69) is 12.2 Å². The summed E-state index contributed by atoms with van der Waals surface area (Å²) >= 11 is 0. The van der Waals surface area contributed by atoms with Gasteiger partial charge in [-0.25, -0.2) is 4.79 Å². The highest BCUT2D eigenvalue weighted by molar-refractivity contribution is 5.99. The normalized spacial score (nSPS) is 22.0. The SMILES string of the molecule is CCO[C@@]1(C(=O)Nc2ccc(OCC(C)C)c(C(=O)OC)c2)CCC[C@H](C)C1. The van der Waals surface area contributed by atoms with E-state index in [1.165, 1.54) is 7.11 Å². The second kappa shape index (κ2) is 9.92. The molecular formula is C22H33NO5. The predicted octanol–water partition coefficient (Wildman–Crippen LogP) is 4.43. The molecule has 0 heterocycles. The van der Waals surface area contributed by atoms with E-state index in [0.717, 1.165) is 12.8 Å². The zero-order chi connectivity index (χ0) is 20.7. The van der Waals surface area contributed by atoms with Gasteiger partial charge in [0.2, 0.25) is 0 Å². The first kappa shape index (κ1) is 22.2. The minimum Gasteiger partial charge on any atom is -0.492 e. The molecule has 0 aromatic heterocycles. The molecule has 6 nitrogen and oxygen atoms in total. The molecule has 2 atom stereocenters.